The van der Waals surface area contributed by atoms with Gasteiger partial charge in [-0.1, -0.05) is 12.1 Å². The largest absolute Gasteiger partial charge is 0.338 e. The number of aromatic nitrogens is 2. The van der Waals surface area contributed by atoms with E-state index in [-0.39, 0.29) is 42.7 Å². The second kappa shape index (κ2) is 8.11. The summed E-state index contributed by atoms with van der Waals surface area (Å²) in [6.45, 7) is 0. The smallest absolute Gasteiger partial charge is 0.229 e. The van der Waals surface area contributed by atoms with Crippen molar-refractivity contribution in [3.05, 3.63) is 48.5 Å². The molecule has 148 valence electrons. The van der Waals surface area contributed by atoms with E-state index in [1.807, 2.05) is 48.5 Å². The van der Waals surface area contributed by atoms with Crippen LogP contribution < -0.4 is 11.1 Å². The molecule has 2 aromatic carbocycles. The number of amides is 1. The van der Waals surface area contributed by atoms with Crippen molar-refractivity contribution in [1.82, 2.24) is 9.97 Å². The number of H-pyrrole nitrogens is 1. The highest BCUT2D eigenvalue weighted by Gasteiger charge is 2.49. The van der Waals surface area contributed by atoms with Gasteiger partial charge in [0.1, 0.15) is 5.82 Å². The van der Waals surface area contributed by atoms with Crippen molar-refractivity contribution in [3.8, 4) is 11.4 Å². The van der Waals surface area contributed by atoms with E-state index in [9.17, 15) is 4.79 Å². The summed E-state index contributed by atoms with van der Waals surface area (Å²) in [6, 6.07) is 15.8. The molecule has 2 aliphatic rings. The number of aromatic amines is 1. The van der Waals surface area contributed by atoms with E-state index in [0.717, 1.165) is 41.0 Å². The molecule has 0 saturated heterocycles. The molecule has 4 N–H and O–H groups in total. The van der Waals surface area contributed by atoms with Crippen LogP contribution in [0, 0.1) is 17.8 Å². The third-order valence-corrected chi connectivity index (χ3v) is 6.10. The van der Waals surface area contributed by atoms with E-state index in [2.05, 4.69) is 15.3 Å². The molecule has 4 atom stereocenters. The summed E-state index contributed by atoms with van der Waals surface area (Å²) in [5, 5.41) is 3.05. The van der Waals surface area contributed by atoms with Gasteiger partial charge in [-0.05, 0) is 67.5 Å². The third-order valence-electron chi connectivity index (χ3n) is 6.10. The van der Waals surface area contributed by atoms with Crippen molar-refractivity contribution in [2.24, 2.45) is 23.5 Å². The maximum absolute atomic E-state index is 12.7. The van der Waals surface area contributed by atoms with Crippen molar-refractivity contribution >= 4 is 47.4 Å². The molecule has 3 aromatic rings. The highest BCUT2D eigenvalue weighted by Crippen LogP contribution is 2.47. The van der Waals surface area contributed by atoms with Crippen LogP contribution in [0.4, 0.5) is 5.69 Å². The Labute approximate surface area is 176 Å². The molecule has 1 aromatic heterocycles. The van der Waals surface area contributed by atoms with Gasteiger partial charge in [0.05, 0.1) is 17.0 Å². The zero-order valence-corrected chi connectivity index (χ0v) is 16.9. The van der Waals surface area contributed by atoms with Crippen LogP contribution in [0.3, 0.4) is 0 Å². The molecule has 2 fully saturated rings. The lowest BCUT2D eigenvalue weighted by atomic mass is 9.84. The Bertz CT molecular complexity index is 937. The molecule has 0 radical (unpaired) electrons. The van der Waals surface area contributed by atoms with Crippen molar-refractivity contribution in [3.63, 3.8) is 0 Å². The van der Waals surface area contributed by atoms with E-state index < -0.39 is 0 Å². The molecule has 1 heterocycles. The quantitative estimate of drug-likeness (QED) is 0.589. The van der Waals surface area contributed by atoms with Crippen molar-refractivity contribution in [2.75, 3.05) is 5.32 Å². The van der Waals surface area contributed by atoms with Gasteiger partial charge < -0.3 is 16.0 Å². The minimum absolute atomic E-state index is 0. The topological polar surface area (TPSA) is 83.8 Å². The predicted octanol–water partition coefficient (Wildman–Crippen LogP) is 4.39. The van der Waals surface area contributed by atoms with Gasteiger partial charge in [0.2, 0.25) is 5.91 Å². The van der Waals surface area contributed by atoms with Crippen LogP contribution in [0.5, 0.6) is 0 Å². The fourth-order valence-electron chi connectivity index (χ4n) is 4.75. The molecule has 5 nitrogen and oxygen atoms in total. The van der Waals surface area contributed by atoms with Crippen LogP contribution in [0.2, 0.25) is 0 Å². The number of hydrogen-bond acceptors (Lipinski definition) is 3. The first-order valence-electron chi connectivity index (χ1n) is 9.31. The van der Waals surface area contributed by atoms with Crippen LogP contribution in [-0.4, -0.2) is 21.9 Å². The van der Waals surface area contributed by atoms with Crippen LogP contribution >= 0.6 is 24.8 Å². The Morgan fingerprint density at radius 1 is 1.04 bits per heavy atom. The van der Waals surface area contributed by atoms with Crippen LogP contribution in [0.25, 0.3) is 22.4 Å². The van der Waals surface area contributed by atoms with E-state index in [4.69, 9.17) is 5.73 Å². The van der Waals surface area contributed by atoms with Crippen molar-refractivity contribution < 1.29 is 4.79 Å². The standard InChI is InChI=1S/C21H22N4O.2ClH/c22-19-14-6-5-13(11-14)18(19)21(26)23-15-9-7-12(8-10-15)20-24-16-3-1-2-4-17(16)25-20;;/h1-4,7-10,13-14,18-19H,5-6,11,22H2,(H,23,26)(H,24,25);2*1H. The summed E-state index contributed by atoms with van der Waals surface area (Å²) in [5.74, 6) is 1.86. The Morgan fingerprint density at radius 3 is 2.43 bits per heavy atom. The number of halogens is 2. The number of rotatable bonds is 3. The van der Waals surface area contributed by atoms with Gasteiger partial charge >= 0.3 is 0 Å². The average molecular weight is 419 g/mol. The maximum atomic E-state index is 12.7. The number of imidazole rings is 1. The predicted molar refractivity (Wildman–Crippen MR) is 117 cm³/mol. The highest BCUT2D eigenvalue weighted by atomic mass is 35.5. The number of fused-ring (bicyclic) bond motifs is 3. The Kier molecular flexibility index (Phi) is 5.98. The highest BCUT2D eigenvalue weighted by molar-refractivity contribution is 5.94. The van der Waals surface area contributed by atoms with Crippen LogP contribution in [0.15, 0.2) is 48.5 Å². The normalized spacial score (nSPS) is 25.2. The summed E-state index contributed by atoms with van der Waals surface area (Å²) in [4.78, 5) is 20.6. The minimum atomic E-state index is -0.0381. The lowest BCUT2D eigenvalue weighted by molar-refractivity contribution is -0.121. The third kappa shape index (κ3) is 3.50. The second-order valence-corrected chi connectivity index (χ2v) is 7.61. The van der Waals surface area contributed by atoms with Crippen LogP contribution in [-0.2, 0) is 4.79 Å². The molecular formula is C21H24Cl2N4O. The zero-order valence-electron chi connectivity index (χ0n) is 15.3. The van der Waals surface area contributed by atoms with E-state index in [0.29, 0.717) is 11.8 Å². The number of nitrogens with zero attached hydrogens (tertiary/aromatic N) is 1. The van der Waals surface area contributed by atoms with Gasteiger partial charge in [0.15, 0.2) is 0 Å². The van der Waals surface area contributed by atoms with Crippen molar-refractivity contribution in [1.29, 1.82) is 0 Å². The summed E-state index contributed by atoms with van der Waals surface area (Å²) in [6.07, 6.45) is 3.44. The summed E-state index contributed by atoms with van der Waals surface area (Å²) in [5.41, 5.74) is 10.1. The lowest BCUT2D eigenvalue weighted by Crippen LogP contribution is -2.42. The van der Waals surface area contributed by atoms with Crippen molar-refractivity contribution in [2.45, 2.75) is 25.3 Å². The molecule has 28 heavy (non-hydrogen) atoms. The number of nitrogens with one attached hydrogen (secondary N) is 2. The molecular weight excluding hydrogens is 395 g/mol. The molecule has 2 aliphatic carbocycles. The number of carbonyl (C=O) groups excluding carboxylic acids is 1. The zero-order chi connectivity index (χ0) is 17.7. The molecule has 0 aliphatic heterocycles. The van der Waals surface area contributed by atoms with E-state index in [1.54, 1.807) is 0 Å². The monoisotopic (exact) mass is 418 g/mol. The number of para-hydroxylation sites is 2. The first-order valence-corrected chi connectivity index (χ1v) is 9.31. The van der Waals surface area contributed by atoms with Gasteiger partial charge in [-0.25, -0.2) is 4.98 Å². The van der Waals surface area contributed by atoms with Gasteiger partial charge in [0.25, 0.3) is 0 Å². The summed E-state index contributed by atoms with van der Waals surface area (Å²) < 4.78 is 0. The van der Waals surface area contributed by atoms with Gasteiger partial charge in [-0.15, -0.1) is 24.8 Å². The average Bonchev–Trinajstić information content (AvgIpc) is 3.36. The van der Waals surface area contributed by atoms with Gasteiger partial charge in [-0.2, -0.15) is 0 Å². The minimum Gasteiger partial charge on any atom is -0.338 e. The number of anilines is 1. The number of hydrogen-bond donors (Lipinski definition) is 3. The molecule has 2 bridgehead atoms. The number of carbonyl (C=O) groups is 1. The Morgan fingerprint density at radius 2 is 1.75 bits per heavy atom. The lowest BCUT2D eigenvalue weighted by Gasteiger charge is -2.27. The van der Waals surface area contributed by atoms with Gasteiger partial charge in [-0.3, -0.25) is 4.79 Å². The van der Waals surface area contributed by atoms with E-state index >= 15 is 0 Å². The fraction of sp³-hybridized carbons (Fsp3) is 0.333. The summed E-state index contributed by atoms with van der Waals surface area (Å²) in [7, 11) is 0. The maximum Gasteiger partial charge on any atom is 0.229 e. The molecule has 5 rings (SSSR count). The van der Waals surface area contributed by atoms with E-state index in [1.165, 1.54) is 6.42 Å². The number of nitrogens with two attached hydrogens (primary N) is 1. The fourth-order valence-corrected chi connectivity index (χ4v) is 4.75. The second-order valence-electron chi connectivity index (χ2n) is 7.61. The number of benzene rings is 2. The van der Waals surface area contributed by atoms with Gasteiger partial charge in [0, 0.05) is 17.3 Å². The molecule has 1 amide bonds. The first-order chi connectivity index (χ1) is 12.7. The Hall–Kier alpha value is -2.08. The SMILES string of the molecule is Cl.Cl.NC1C2CCC(C2)C1C(=O)Nc1ccc(-c2nc3ccccc3[nH]2)cc1. The Balaban J connectivity index is 0.00000112. The molecule has 4 unspecified atom stereocenters. The summed E-state index contributed by atoms with van der Waals surface area (Å²) >= 11 is 0. The van der Waals surface area contributed by atoms with Crippen LogP contribution in [0.1, 0.15) is 19.3 Å². The first kappa shape index (κ1) is 20.6. The molecule has 0 spiro atoms. The molecule has 7 heteroatoms. The molecule has 2 saturated carbocycles.